The van der Waals surface area contributed by atoms with Crippen LogP contribution in [0.15, 0.2) is 18.2 Å². The van der Waals surface area contributed by atoms with Gasteiger partial charge in [-0.15, -0.1) is 0 Å². The molecule has 6 atom stereocenters. The Morgan fingerprint density at radius 1 is 1.13 bits per heavy atom. The summed E-state index contributed by atoms with van der Waals surface area (Å²) in [5.41, 5.74) is 0.614. The van der Waals surface area contributed by atoms with Gasteiger partial charge in [-0.3, -0.25) is 0 Å². The van der Waals surface area contributed by atoms with Crippen molar-refractivity contribution in [1.82, 2.24) is 0 Å². The molecule has 0 saturated carbocycles. The van der Waals surface area contributed by atoms with E-state index in [2.05, 4.69) is 0 Å². The smallest absolute Gasteiger partial charge is 0.229 e. The Balaban J connectivity index is 2.20. The normalized spacial score (nSPS) is 32.4. The quantitative estimate of drug-likeness (QED) is 0.461. The number of aliphatic hydroxyl groups excluding tert-OH is 5. The monoisotopic (exact) mass is 330 g/mol. The van der Waals surface area contributed by atoms with Gasteiger partial charge in [0.05, 0.1) is 19.8 Å². The molecule has 0 aromatic heterocycles. The van der Waals surface area contributed by atoms with Gasteiger partial charge < -0.3 is 39.7 Å². The number of hydrogen-bond acceptors (Lipinski definition) is 8. The zero-order valence-corrected chi connectivity index (χ0v) is 12.9. The molecular formula is C15H22O8. The van der Waals surface area contributed by atoms with Gasteiger partial charge in [-0.1, -0.05) is 6.07 Å². The summed E-state index contributed by atoms with van der Waals surface area (Å²) in [6, 6.07) is 4.72. The van der Waals surface area contributed by atoms with Crippen molar-refractivity contribution in [2.45, 2.75) is 43.7 Å². The van der Waals surface area contributed by atoms with E-state index in [1.54, 1.807) is 19.1 Å². The lowest BCUT2D eigenvalue weighted by atomic mass is 9.99. The van der Waals surface area contributed by atoms with Crippen molar-refractivity contribution in [3.05, 3.63) is 23.8 Å². The fraction of sp³-hybridized carbons (Fsp3) is 0.600. The topological polar surface area (TPSA) is 129 Å². The Labute approximate surface area is 133 Å². The highest BCUT2D eigenvalue weighted by Crippen LogP contribution is 2.33. The third kappa shape index (κ3) is 3.74. The van der Waals surface area contributed by atoms with Gasteiger partial charge in [0, 0.05) is 0 Å². The number of hydrogen-bond donors (Lipinski definition) is 5. The molecule has 1 aliphatic heterocycles. The van der Waals surface area contributed by atoms with E-state index in [1.165, 1.54) is 13.2 Å². The molecular weight excluding hydrogens is 308 g/mol. The first-order valence-corrected chi connectivity index (χ1v) is 7.22. The summed E-state index contributed by atoms with van der Waals surface area (Å²) in [5, 5.41) is 48.2. The van der Waals surface area contributed by atoms with Crippen LogP contribution in [0.5, 0.6) is 11.5 Å². The lowest BCUT2D eigenvalue weighted by Crippen LogP contribution is -2.60. The third-order valence-corrected chi connectivity index (χ3v) is 3.76. The number of aliphatic hydroxyl groups is 5. The first kappa shape index (κ1) is 17.9. The fourth-order valence-electron chi connectivity index (χ4n) is 2.33. The van der Waals surface area contributed by atoms with Crippen LogP contribution in [0.3, 0.4) is 0 Å². The van der Waals surface area contributed by atoms with Crippen LogP contribution in [0.1, 0.15) is 18.6 Å². The molecule has 8 nitrogen and oxygen atoms in total. The van der Waals surface area contributed by atoms with E-state index >= 15 is 0 Å². The van der Waals surface area contributed by atoms with E-state index in [4.69, 9.17) is 19.3 Å². The summed E-state index contributed by atoms with van der Waals surface area (Å²) in [7, 11) is 1.42. The molecule has 23 heavy (non-hydrogen) atoms. The second-order valence-electron chi connectivity index (χ2n) is 5.40. The van der Waals surface area contributed by atoms with Crippen LogP contribution < -0.4 is 9.47 Å². The van der Waals surface area contributed by atoms with Crippen LogP contribution in [0.25, 0.3) is 0 Å². The third-order valence-electron chi connectivity index (χ3n) is 3.76. The van der Waals surface area contributed by atoms with Crippen LogP contribution in [0.2, 0.25) is 0 Å². The summed E-state index contributed by atoms with van der Waals surface area (Å²) in [6.45, 7) is 1.07. The maximum absolute atomic E-state index is 9.97. The van der Waals surface area contributed by atoms with Crippen LogP contribution >= 0.6 is 0 Å². The molecule has 5 N–H and O–H groups in total. The Kier molecular flexibility index (Phi) is 5.79. The molecule has 0 radical (unpaired) electrons. The number of benzene rings is 1. The first-order valence-electron chi connectivity index (χ1n) is 7.22. The fourth-order valence-corrected chi connectivity index (χ4v) is 2.33. The Morgan fingerprint density at radius 3 is 2.39 bits per heavy atom. The molecule has 1 saturated heterocycles. The molecule has 0 unspecified atom stereocenters. The molecule has 1 aromatic carbocycles. The summed E-state index contributed by atoms with van der Waals surface area (Å²) >= 11 is 0. The van der Waals surface area contributed by atoms with Gasteiger partial charge in [0.25, 0.3) is 0 Å². The van der Waals surface area contributed by atoms with Crippen LogP contribution in [0.4, 0.5) is 0 Å². The molecule has 0 amide bonds. The van der Waals surface area contributed by atoms with Crippen LogP contribution in [-0.2, 0) is 4.74 Å². The number of rotatable bonds is 5. The highest BCUT2D eigenvalue weighted by atomic mass is 16.7. The van der Waals surface area contributed by atoms with Crippen molar-refractivity contribution in [3.63, 3.8) is 0 Å². The molecule has 2 rings (SSSR count). The molecule has 0 spiro atoms. The standard InChI is InChI=1S/C15H22O8/c1-7(17)8-3-4-9(10(5-8)21-2)22-15-14(20)13(19)12(18)11(6-16)23-15/h3-5,7,11-20H,6H2,1-2H3/t7-,11+,12+,13-,14+,15+/m0/s1. The summed E-state index contributed by atoms with van der Waals surface area (Å²) in [4.78, 5) is 0. The largest absolute Gasteiger partial charge is 0.493 e. The van der Waals surface area contributed by atoms with Crippen molar-refractivity contribution >= 4 is 0 Å². The minimum absolute atomic E-state index is 0.223. The highest BCUT2D eigenvalue weighted by molar-refractivity contribution is 5.43. The Bertz CT molecular complexity index is 518. The van der Waals surface area contributed by atoms with Gasteiger partial charge in [0.15, 0.2) is 11.5 Å². The van der Waals surface area contributed by atoms with Gasteiger partial charge in [-0.2, -0.15) is 0 Å². The van der Waals surface area contributed by atoms with Crippen molar-refractivity contribution in [1.29, 1.82) is 0 Å². The predicted octanol–water partition coefficient (Wildman–Crippen LogP) is -1.07. The molecule has 1 aliphatic rings. The average molecular weight is 330 g/mol. The van der Waals surface area contributed by atoms with E-state index in [9.17, 15) is 20.4 Å². The maximum atomic E-state index is 9.97. The van der Waals surface area contributed by atoms with Crippen molar-refractivity contribution in [2.75, 3.05) is 13.7 Å². The van der Waals surface area contributed by atoms with E-state index in [1.807, 2.05) is 0 Å². The Morgan fingerprint density at radius 2 is 1.83 bits per heavy atom. The van der Waals surface area contributed by atoms with Gasteiger partial charge in [-0.05, 0) is 24.6 Å². The second-order valence-corrected chi connectivity index (χ2v) is 5.40. The predicted molar refractivity (Wildman–Crippen MR) is 78.0 cm³/mol. The number of methoxy groups -OCH3 is 1. The molecule has 0 bridgehead atoms. The minimum Gasteiger partial charge on any atom is -0.493 e. The van der Waals surface area contributed by atoms with E-state index in [0.29, 0.717) is 11.3 Å². The average Bonchev–Trinajstić information content (AvgIpc) is 2.55. The lowest BCUT2D eigenvalue weighted by Gasteiger charge is -2.39. The lowest BCUT2D eigenvalue weighted by molar-refractivity contribution is -0.277. The zero-order valence-electron chi connectivity index (χ0n) is 12.9. The second kappa shape index (κ2) is 7.43. The van der Waals surface area contributed by atoms with Crippen LogP contribution in [-0.4, -0.2) is 70.0 Å². The molecule has 0 aliphatic carbocycles. The van der Waals surface area contributed by atoms with Gasteiger partial charge in [0.2, 0.25) is 6.29 Å². The summed E-state index contributed by atoms with van der Waals surface area (Å²) < 4.78 is 16.0. The summed E-state index contributed by atoms with van der Waals surface area (Å²) in [5.74, 6) is 0.529. The zero-order chi connectivity index (χ0) is 17.1. The van der Waals surface area contributed by atoms with Gasteiger partial charge >= 0.3 is 0 Å². The SMILES string of the molecule is COc1cc([C@H](C)O)ccc1O[C@@H]1O[C@H](CO)[C@@H](O)[C@H](O)[C@H]1O. The molecule has 1 heterocycles. The number of ether oxygens (including phenoxy) is 3. The van der Waals surface area contributed by atoms with Gasteiger partial charge in [0.1, 0.15) is 24.4 Å². The van der Waals surface area contributed by atoms with Crippen molar-refractivity contribution < 1.29 is 39.7 Å². The van der Waals surface area contributed by atoms with E-state index in [0.717, 1.165) is 0 Å². The molecule has 130 valence electrons. The Hall–Kier alpha value is -1.42. The van der Waals surface area contributed by atoms with Crippen molar-refractivity contribution in [2.24, 2.45) is 0 Å². The molecule has 1 fully saturated rings. The van der Waals surface area contributed by atoms with E-state index < -0.39 is 43.4 Å². The molecule has 8 heteroatoms. The maximum Gasteiger partial charge on any atom is 0.229 e. The highest BCUT2D eigenvalue weighted by Gasteiger charge is 2.44. The van der Waals surface area contributed by atoms with E-state index in [-0.39, 0.29) is 5.75 Å². The summed E-state index contributed by atoms with van der Waals surface area (Å²) in [6.07, 6.45) is -7.51. The minimum atomic E-state index is -1.52. The first-order chi connectivity index (χ1) is 10.9. The van der Waals surface area contributed by atoms with Gasteiger partial charge in [-0.25, -0.2) is 0 Å². The van der Waals surface area contributed by atoms with Crippen molar-refractivity contribution in [3.8, 4) is 11.5 Å². The molecule has 1 aromatic rings. The van der Waals surface area contributed by atoms with Crippen LogP contribution in [0, 0.1) is 0 Å².